The van der Waals surface area contributed by atoms with Crippen molar-refractivity contribution in [1.82, 2.24) is 0 Å². The lowest BCUT2D eigenvalue weighted by atomic mass is 9.73. The zero-order valence-electron chi connectivity index (χ0n) is 35.2. The van der Waals surface area contributed by atoms with Crippen LogP contribution in [0.25, 0.3) is 66.1 Å². The number of anilines is 3. The van der Waals surface area contributed by atoms with Gasteiger partial charge in [-0.25, -0.2) is 0 Å². The fraction of sp³-hybridized carbons (Fsp3) is 0.153. The van der Waals surface area contributed by atoms with Gasteiger partial charge in [-0.3, -0.25) is 0 Å². The second-order valence-electron chi connectivity index (χ2n) is 18.9. The van der Waals surface area contributed by atoms with Crippen LogP contribution < -0.4 is 4.90 Å². The van der Waals surface area contributed by atoms with Gasteiger partial charge in [0.15, 0.2) is 0 Å². The van der Waals surface area contributed by atoms with Crippen molar-refractivity contribution in [1.29, 1.82) is 0 Å². The first-order chi connectivity index (χ1) is 29.1. The van der Waals surface area contributed by atoms with Crippen LogP contribution >= 0.6 is 0 Å². The number of hydrogen-bond donors (Lipinski definition) is 0. The fourth-order valence-corrected chi connectivity index (χ4v) is 11.6. The van der Waals surface area contributed by atoms with E-state index in [1.807, 2.05) is 0 Å². The summed E-state index contributed by atoms with van der Waals surface area (Å²) in [6, 6.07) is 66.8. The molecule has 288 valence electrons. The molecule has 1 nitrogen and oxygen atoms in total. The van der Waals surface area contributed by atoms with Gasteiger partial charge in [-0.15, -0.1) is 0 Å². The van der Waals surface area contributed by atoms with Gasteiger partial charge in [-0.05, 0) is 113 Å². The Morgan fingerprint density at radius 2 is 0.767 bits per heavy atom. The molecule has 0 saturated carbocycles. The van der Waals surface area contributed by atoms with Gasteiger partial charge >= 0.3 is 0 Å². The predicted octanol–water partition coefficient (Wildman–Crippen LogP) is 16.0. The van der Waals surface area contributed by atoms with Crippen LogP contribution in [0.15, 0.2) is 176 Å². The van der Waals surface area contributed by atoms with Gasteiger partial charge < -0.3 is 4.90 Å². The van der Waals surface area contributed by atoms with Crippen molar-refractivity contribution in [3.63, 3.8) is 0 Å². The van der Waals surface area contributed by atoms with Crippen molar-refractivity contribution in [2.75, 3.05) is 4.90 Å². The summed E-state index contributed by atoms with van der Waals surface area (Å²) >= 11 is 0. The van der Waals surface area contributed by atoms with Crippen molar-refractivity contribution in [2.24, 2.45) is 0 Å². The highest BCUT2D eigenvalue weighted by Crippen LogP contribution is 2.58. The molecule has 12 rings (SSSR count). The molecule has 9 aromatic rings. The summed E-state index contributed by atoms with van der Waals surface area (Å²) in [6.07, 6.45) is 0. The van der Waals surface area contributed by atoms with Gasteiger partial charge in [0.05, 0.1) is 17.1 Å². The molecule has 1 aliphatic heterocycles. The molecule has 0 spiro atoms. The molecular formula is C59H47N. The summed E-state index contributed by atoms with van der Waals surface area (Å²) in [7, 11) is 0. The van der Waals surface area contributed by atoms with E-state index in [0.29, 0.717) is 0 Å². The number of rotatable bonds is 3. The molecule has 60 heavy (non-hydrogen) atoms. The molecular weight excluding hydrogens is 723 g/mol. The molecule has 0 unspecified atom stereocenters. The maximum Gasteiger partial charge on any atom is 0.0619 e. The highest BCUT2D eigenvalue weighted by Gasteiger charge is 2.40. The number of benzene rings is 9. The van der Waals surface area contributed by atoms with Crippen LogP contribution in [0, 0.1) is 0 Å². The van der Waals surface area contributed by atoms with Gasteiger partial charge in [0.25, 0.3) is 0 Å². The minimum Gasteiger partial charge on any atom is -0.309 e. The number of hydrogen-bond acceptors (Lipinski definition) is 1. The predicted molar refractivity (Wildman–Crippen MR) is 254 cm³/mol. The highest BCUT2D eigenvalue weighted by atomic mass is 15.2. The smallest absolute Gasteiger partial charge is 0.0619 e. The van der Waals surface area contributed by atoms with Crippen LogP contribution in [-0.4, -0.2) is 0 Å². The lowest BCUT2D eigenvalue weighted by molar-refractivity contribution is 0.632. The molecule has 0 aromatic heterocycles. The summed E-state index contributed by atoms with van der Waals surface area (Å²) in [5.74, 6) is 0. The van der Waals surface area contributed by atoms with Gasteiger partial charge in [0, 0.05) is 27.0 Å². The third-order valence-corrected chi connectivity index (χ3v) is 14.6. The van der Waals surface area contributed by atoms with Crippen molar-refractivity contribution in [3.05, 3.63) is 209 Å². The normalized spacial score (nSPS) is 15.9. The molecule has 0 saturated heterocycles. The standard InChI is InChI=1S/C59H47N/c1-57(2)47-24-12-10-21-43(47)55-44(22-17-27-50(55)57)54-40-19-7-8-20-41(40)56(60-52-28-15-13-25-48(52)59(5,6)49-26-14-16-29-53(49)60)42-33-31-36(34-45(42)54)37-30-32-39-38-18-9-11-23-46(38)58(3,4)51(39)35-37/h7-35H,1-6H3. The molecule has 2 aliphatic carbocycles. The van der Waals surface area contributed by atoms with Crippen LogP contribution in [0.4, 0.5) is 17.1 Å². The Kier molecular flexibility index (Phi) is 7.16. The van der Waals surface area contributed by atoms with Crippen molar-refractivity contribution < 1.29 is 0 Å². The first-order valence-electron chi connectivity index (χ1n) is 21.5. The maximum atomic E-state index is 2.58. The van der Waals surface area contributed by atoms with E-state index in [-0.39, 0.29) is 16.2 Å². The lowest BCUT2D eigenvalue weighted by Gasteiger charge is -2.42. The fourth-order valence-electron chi connectivity index (χ4n) is 11.6. The number of fused-ring (bicyclic) bond motifs is 10. The van der Waals surface area contributed by atoms with Gasteiger partial charge in [0.1, 0.15) is 0 Å². The summed E-state index contributed by atoms with van der Waals surface area (Å²) in [5.41, 5.74) is 22.1. The Labute approximate surface area is 353 Å². The quantitative estimate of drug-likeness (QED) is 0.162. The molecule has 1 heteroatoms. The van der Waals surface area contributed by atoms with E-state index in [1.54, 1.807) is 0 Å². The van der Waals surface area contributed by atoms with E-state index in [4.69, 9.17) is 0 Å². The van der Waals surface area contributed by atoms with Crippen LogP contribution in [0.3, 0.4) is 0 Å². The van der Waals surface area contributed by atoms with E-state index < -0.39 is 0 Å². The molecule has 0 fully saturated rings. The first-order valence-corrected chi connectivity index (χ1v) is 21.5. The van der Waals surface area contributed by atoms with Crippen LogP contribution in [0.1, 0.15) is 74.9 Å². The molecule has 0 bridgehead atoms. The SMILES string of the molecule is CC1(C)c2ccccc2-c2ccc(-c3ccc4c(N5c6ccccc6C(C)(C)c6ccccc65)c5ccccc5c(-c5cccc6c5-c5ccccc5C6(C)C)c4c3)cc21. The van der Waals surface area contributed by atoms with Crippen molar-refractivity contribution in [2.45, 2.75) is 57.8 Å². The molecule has 0 radical (unpaired) electrons. The molecule has 1 heterocycles. The second kappa shape index (κ2) is 12.2. The number of para-hydroxylation sites is 2. The lowest BCUT2D eigenvalue weighted by Crippen LogP contribution is -2.30. The summed E-state index contributed by atoms with van der Waals surface area (Å²) in [4.78, 5) is 2.58. The molecule has 3 aliphatic rings. The van der Waals surface area contributed by atoms with E-state index in [2.05, 4.69) is 222 Å². The second-order valence-corrected chi connectivity index (χ2v) is 18.9. The Balaban J connectivity index is 1.20. The van der Waals surface area contributed by atoms with E-state index in [1.165, 1.54) is 116 Å². The average Bonchev–Trinajstić information content (AvgIpc) is 3.65. The average molecular weight is 770 g/mol. The molecule has 9 aromatic carbocycles. The Hall–Kier alpha value is -6.70. The van der Waals surface area contributed by atoms with E-state index >= 15 is 0 Å². The Morgan fingerprint density at radius 1 is 0.300 bits per heavy atom. The largest absolute Gasteiger partial charge is 0.309 e. The Bertz CT molecular complexity index is 3250. The minimum absolute atomic E-state index is 0.0824. The third kappa shape index (κ3) is 4.58. The Morgan fingerprint density at radius 3 is 1.48 bits per heavy atom. The third-order valence-electron chi connectivity index (χ3n) is 14.6. The van der Waals surface area contributed by atoms with Gasteiger partial charge in [0.2, 0.25) is 0 Å². The van der Waals surface area contributed by atoms with Gasteiger partial charge in [-0.2, -0.15) is 0 Å². The van der Waals surface area contributed by atoms with E-state index in [0.717, 1.165) is 0 Å². The van der Waals surface area contributed by atoms with Crippen LogP contribution in [0.5, 0.6) is 0 Å². The van der Waals surface area contributed by atoms with Crippen molar-refractivity contribution in [3.8, 4) is 44.5 Å². The zero-order chi connectivity index (χ0) is 40.7. The molecule has 0 N–H and O–H groups in total. The van der Waals surface area contributed by atoms with E-state index in [9.17, 15) is 0 Å². The molecule has 0 atom stereocenters. The van der Waals surface area contributed by atoms with Crippen LogP contribution in [-0.2, 0) is 16.2 Å². The highest BCUT2D eigenvalue weighted by molar-refractivity contribution is 6.24. The first kappa shape index (κ1) is 35.3. The number of nitrogens with zero attached hydrogens (tertiary/aromatic N) is 1. The van der Waals surface area contributed by atoms with Crippen LogP contribution in [0.2, 0.25) is 0 Å². The molecule has 0 amide bonds. The zero-order valence-corrected chi connectivity index (χ0v) is 35.2. The topological polar surface area (TPSA) is 3.24 Å². The van der Waals surface area contributed by atoms with Crippen molar-refractivity contribution >= 4 is 38.6 Å². The summed E-state index contributed by atoms with van der Waals surface area (Å²) in [6.45, 7) is 14.3. The monoisotopic (exact) mass is 769 g/mol. The summed E-state index contributed by atoms with van der Waals surface area (Å²) < 4.78 is 0. The minimum atomic E-state index is -0.159. The van der Waals surface area contributed by atoms with Gasteiger partial charge in [-0.1, -0.05) is 193 Å². The summed E-state index contributed by atoms with van der Waals surface area (Å²) in [5, 5.41) is 5.02. The maximum absolute atomic E-state index is 2.58.